The molecule has 1 heterocycles. The van der Waals surface area contributed by atoms with Gasteiger partial charge in [-0.3, -0.25) is 4.99 Å². The smallest absolute Gasteiger partial charge is 0.407 e. The molecule has 7 heteroatoms. The van der Waals surface area contributed by atoms with Gasteiger partial charge in [-0.25, -0.2) is 4.79 Å². The van der Waals surface area contributed by atoms with Gasteiger partial charge in [-0.15, -0.1) is 24.0 Å². The first-order chi connectivity index (χ1) is 8.31. The average molecular weight is 384 g/mol. The molecule has 1 rings (SSSR count). The fraction of sp³-hybridized carbons (Fsp3) is 0.833. The molecule has 1 atom stereocenters. The molecule has 6 nitrogen and oxygen atoms in total. The molecule has 1 aliphatic heterocycles. The van der Waals surface area contributed by atoms with Gasteiger partial charge in [-0.05, 0) is 34.1 Å². The van der Waals surface area contributed by atoms with Crippen LogP contribution in [0.2, 0.25) is 0 Å². The number of nitrogens with two attached hydrogens (primary N) is 1. The van der Waals surface area contributed by atoms with Crippen LogP contribution in [-0.4, -0.2) is 48.2 Å². The molecule has 1 fully saturated rings. The predicted octanol–water partition coefficient (Wildman–Crippen LogP) is 1.54. The number of alkyl carbamates (subject to hydrolysis) is 1. The molecule has 0 spiro atoms. The molecule has 0 radical (unpaired) electrons. The fourth-order valence-electron chi connectivity index (χ4n) is 1.82. The zero-order valence-electron chi connectivity index (χ0n) is 12.1. The van der Waals surface area contributed by atoms with Crippen molar-refractivity contribution in [3.05, 3.63) is 0 Å². The maximum Gasteiger partial charge on any atom is 0.407 e. The maximum absolute atomic E-state index is 11.6. The highest BCUT2D eigenvalue weighted by molar-refractivity contribution is 14.0. The van der Waals surface area contributed by atoms with Crippen LogP contribution in [0.4, 0.5) is 4.79 Å². The summed E-state index contributed by atoms with van der Waals surface area (Å²) in [6.45, 7) is 9.66. The van der Waals surface area contributed by atoms with E-state index in [1.54, 1.807) is 0 Å². The number of likely N-dealkylation sites (tertiary alicyclic amines) is 1. The number of carbonyl (C=O) groups excluding carboxylic acids is 1. The molecule has 1 saturated heterocycles. The highest BCUT2D eigenvalue weighted by atomic mass is 127. The van der Waals surface area contributed by atoms with Crippen molar-refractivity contribution < 1.29 is 9.53 Å². The molecule has 0 aromatic carbocycles. The molecular formula is C12H25IN4O2. The van der Waals surface area contributed by atoms with Gasteiger partial charge >= 0.3 is 6.09 Å². The molecule has 0 saturated carbocycles. The predicted molar refractivity (Wildman–Crippen MR) is 86.9 cm³/mol. The highest BCUT2D eigenvalue weighted by Crippen LogP contribution is 2.11. The van der Waals surface area contributed by atoms with E-state index in [1.165, 1.54) is 0 Å². The van der Waals surface area contributed by atoms with E-state index in [0.717, 1.165) is 13.0 Å². The Morgan fingerprint density at radius 3 is 2.68 bits per heavy atom. The highest BCUT2D eigenvalue weighted by Gasteiger charge is 2.26. The van der Waals surface area contributed by atoms with Gasteiger partial charge < -0.3 is 20.7 Å². The zero-order valence-corrected chi connectivity index (χ0v) is 14.4. The van der Waals surface area contributed by atoms with E-state index < -0.39 is 5.60 Å². The van der Waals surface area contributed by atoms with Crippen LogP contribution in [0, 0.1) is 0 Å². The minimum Gasteiger partial charge on any atom is -0.444 e. The lowest BCUT2D eigenvalue weighted by molar-refractivity contribution is 0.0507. The number of nitrogens with zero attached hydrogens (tertiary/aromatic N) is 2. The number of carbonyl (C=O) groups is 1. The van der Waals surface area contributed by atoms with Crippen LogP contribution in [0.15, 0.2) is 4.99 Å². The molecule has 0 aromatic rings. The number of guanidine groups is 1. The number of halogens is 1. The van der Waals surface area contributed by atoms with Crippen molar-refractivity contribution in [3.8, 4) is 0 Å². The molecule has 1 amide bonds. The van der Waals surface area contributed by atoms with E-state index in [0.29, 0.717) is 19.0 Å². The zero-order chi connectivity index (χ0) is 13.8. The summed E-state index contributed by atoms with van der Waals surface area (Å²) >= 11 is 0. The second-order valence-electron chi connectivity index (χ2n) is 5.41. The quantitative estimate of drug-likeness (QED) is 0.430. The van der Waals surface area contributed by atoms with Crippen LogP contribution in [0.25, 0.3) is 0 Å². The fourth-order valence-corrected chi connectivity index (χ4v) is 1.82. The normalized spacial score (nSPS) is 19.9. The largest absolute Gasteiger partial charge is 0.444 e. The lowest BCUT2D eigenvalue weighted by Gasteiger charge is -2.22. The van der Waals surface area contributed by atoms with E-state index in [-0.39, 0.29) is 36.1 Å². The summed E-state index contributed by atoms with van der Waals surface area (Å²) in [6.07, 6.45) is 0.486. The Morgan fingerprint density at radius 1 is 1.53 bits per heavy atom. The monoisotopic (exact) mass is 384 g/mol. The third-order valence-electron chi connectivity index (χ3n) is 2.55. The van der Waals surface area contributed by atoms with Gasteiger partial charge in [0.15, 0.2) is 5.96 Å². The van der Waals surface area contributed by atoms with Gasteiger partial charge in [-0.2, -0.15) is 0 Å². The summed E-state index contributed by atoms with van der Waals surface area (Å²) in [5.41, 5.74) is 5.35. The second-order valence-corrected chi connectivity index (χ2v) is 5.41. The number of rotatable bonds is 2. The molecule has 1 unspecified atom stereocenters. The van der Waals surface area contributed by atoms with Gasteiger partial charge in [-0.1, -0.05) is 0 Å². The van der Waals surface area contributed by atoms with Crippen LogP contribution in [0.1, 0.15) is 34.1 Å². The molecule has 19 heavy (non-hydrogen) atoms. The van der Waals surface area contributed by atoms with E-state index in [1.807, 2.05) is 32.6 Å². The Balaban J connectivity index is 0.00000324. The average Bonchev–Trinajstić information content (AvgIpc) is 2.63. The van der Waals surface area contributed by atoms with Gasteiger partial charge in [0, 0.05) is 19.6 Å². The standard InChI is InChI=1S/C12H24N4O2.HI/c1-5-14-10(13)16-7-6-9(8-16)15-11(17)18-12(2,3)4;/h9H,5-8H2,1-4H3,(H2,13,14)(H,15,17);1H. The molecular weight excluding hydrogens is 359 g/mol. The topological polar surface area (TPSA) is 80.0 Å². The first-order valence-electron chi connectivity index (χ1n) is 6.36. The summed E-state index contributed by atoms with van der Waals surface area (Å²) in [5, 5.41) is 2.85. The van der Waals surface area contributed by atoms with E-state index in [4.69, 9.17) is 10.5 Å². The summed E-state index contributed by atoms with van der Waals surface area (Å²) in [6, 6.07) is 0.0745. The Morgan fingerprint density at radius 2 is 2.16 bits per heavy atom. The van der Waals surface area contributed by atoms with Crippen molar-refractivity contribution in [2.24, 2.45) is 10.7 Å². The Hall–Kier alpha value is -0.730. The molecule has 1 aliphatic rings. The van der Waals surface area contributed by atoms with Crippen molar-refractivity contribution >= 4 is 36.0 Å². The molecule has 0 aromatic heterocycles. The number of ether oxygens (including phenoxy) is 1. The molecule has 3 N–H and O–H groups in total. The Labute approximate surface area is 132 Å². The van der Waals surface area contributed by atoms with Crippen molar-refractivity contribution in [2.45, 2.75) is 45.8 Å². The second kappa shape index (κ2) is 7.76. The van der Waals surface area contributed by atoms with Gasteiger partial charge in [0.25, 0.3) is 0 Å². The van der Waals surface area contributed by atoms with Crippen LogP contribution in [-0.2, 0) is 4.74 Å². The lowest BCUT2D eigenvalue weighted by Crippen LogP contribution is -2.42. The minimum absolute atomic E-state index is 0. The summed E-state index contributed by atoms with van der Waals surface area (Å²) in [4.78, 5) is 17.7. The van der Waals surface area contributed by atoms with E-state index in [2.05, 4.69) is 10.3 Å². The summed E-state index contributed by atoms with van der Waals surface area (Å²) in [7, 11) is 0. The third-order valence-corrected chi connectivity index (χ3v) is 2.55. The number of hydrogen-bond acceptors (Lipinski definition) is 3. The van der Waals surface area contributed by atoms with E-state index in [9.17, 15) is 4.79 Å². The Kier molecular flexibility index (Phi) is 7.46. The van der Waals surface area contributed by atoms with Crippen molar-refractivity contribution in [1.82, 2.24) is 10.2 Å². The number of nitrogens with one attached hydrogen (secondary N) is 1. The molecule has 0 aliphatic carbocycles. The molecule has 0 bridgehead atoms. The first-order valence-corrected chi connectivity index (χ1v) is 6.36. The molecule has 112 valence electrons. The number of amides is 1. The van der Waals surface area contributed by atoms with Crippen LogP contribution < -0.4 is 11.1 Å². The summed E-state index contributed by atoms with van der Waals surface area (Å²) < 4.78 is 5.21. The van der Waals surface area contributed by atoms with Gasteiger partial charge in [0.2, 0.25) is 0 Å². The Bertz CT molecular complexity index is 328. The van der Waals surface area contributed by atoms with Crippen LogP contribution in [0.3, 0.4) is 0 Å². The van der Waals surface area contributed by atoms with Crippen LogP contribution >= 0.6 is 24.0 Å². The van der Waals surface area contributed by atoms with Gasteiger partial charge in [0.1, 0.15) is 5.60 Å². The SMILES string of the molecule is CCN=C(N)N1CCC(NC(=O)OC(C)(C)C)C1.I. The van der Waals surface area contributed by atoms with E-state index >= 15 is 0 Å². The third kappa shape index (κ3) is 6.84. The lowest BCUT2D eigenvalue weighted by atomic mass is 10.2. The number of aliphatic imine (C=N–C) groups is 1. The van der Waals surface area contributed by atoms with Gasteiger partial charge in [0.05, 0.1) is 6.04 Å². The van der Waals surface area contributed by atoms with Crippen molar-refractivity contribution in [1.29, 1.82) is 0 Å². The maximum atomic E-state index is 11.6. The van der Waals surface area contributed by atoms with Crippen molar-refractivity contribution in [2.75, 3.05) is 19.6 Å². The van der Waals surface area contributed by atoms with Crippen molar-refractivity contribution in [3.63, 3.8) is 0 Å². The first kappa shape index (κ1) is 18.3. The minimum atomic E-state index is -0.467. The van der Waals surface area contributed by atoms with Crippen LogP contribution in [0.5, 0.6) is 0 Å². The number of hydrogen-bond donors (Lipinski definition) is 2. The summed E-state index contributed by atoms with van der Waals surface area (Å²) in [5.74, 6) is 0.547.